The van der Waals surface area contributed by atoms with Gasteiger partial charge in [0.1, 0.15) is 0 Å². The Morgan fingerprint density at radius 2 is 1.86 bits per heavy atom. The zero-order valence-electron chi connectivity index (χ0n) is 17.3. The Bertz CT molecular complexity index is 908. The lowest BCUT2D eigenvalue weighted by Gasteiger charge is -2.23. The zero-order valence-corrected chi connectivity index (χ0v) is 18.9. The Kier molecular flexibility index (Phi) is 7.69. The van der Waals surface area contributed by atoms with E-state index < -0.39 is 0 Å². The smallest absolute Gasteiger partial charge is 0.247 e. The fraction of sp³-hybridized carbons (Fsp3) is 0.500. The zero-order chi connectivity index (χ0) is 20.8. The maximum Gasteiger partial charge on any atom is 0.247 e. The number of aromatic nitrogens is 5. The Balaban J connectivity index is 1.74. The predicted molar refractivity (Wildman–Crippen MR) is 116 cm³/mol. The molecule has 3 rings (SSSR count). The number of rotatable bonds is 10. The Morgan fingerprint density at radius 1 is 1.10 bits per heavy atom. The summed E-state index contributed by atoms with van der Waals surface area (Å²) in [5.74, 6) is 2.61. The van der Waals surface area contributed by atoms with Gasteiger partial charge < -0.3 is 8.98 Å². The molecule has 9 heteroatoms. The van der Waals surface area contributed by atoms with Gasteiger partial charge in [0.2, 0.25) is 11.8 Å². The molecule has 0 aliphatic carbocycles. The standard InChI is InChI=1S/C20H27ClN6OS/c1-5-7-12-27-18(16(6-2)26(3)4)23-25-20(27)29-13-17-22-24-19(28-17)14-8-10-15(21)11-9-14/h8-11,16H,5-7,12-13H2,1-4H3. The second kappa shape index (κ2) is 10.2. The van der Waals surface area contributed by atoms with Crippen LogP contribution in [-0.4, -0.2) is 44.0 Å². The van der Waals surface area contributed by atoms with Crippen molar-refractivity contribution in [2.45, 2.75) is 56.6 Å². The van der Waals surface area contributed by atoms with Crippen LogP contribution in [0.15, 0.2) is 33.8 Å². The molecule has 29 heavy (non-hydrogen) atoms. The Labute approximate surface area is 180 Å². The average molecular weight is 435 g/mol. The third-order valence-corrected chi connectivity index (χ3v) is 5.88. The number of nitrogens with zero attached hydrogens (tertiary/aromatic N) is 6. The molecule has 2 heterocycles. The lowest BCUT2D eigenvalue weighted by atomic mass is 10.2. The van der Waals surface area contributed by atoms with Crippen LogP contribution >= 0.6 is 23.4 Å². The number of unbranched alkanes of at least 4 members (excludes halogenated alkanes) is 1. The van der Waals surface area contributed by atoms with E-state index in [-0.39, 0.29) is 6.04 Å². The summed E-state index contributed by atoms with van der Waals surface area (Å²) < 4.78 is 8.05. The average Bonchev–Trinajstić information content (AvgIpc) is 3.33. The van der Waals surface area contributed by atoms with Crippen LogP contribution in [-0.2, 0) is 12.3 Å². The van der Waals surface area contributed by atoms with Gasteiger partial charge in [0.25, 0.3) is 0 Å². The van der Waals surface area contributed by atoms with E-state index in [0.717, 1.165) is 42.4 Å². The lowest BCUT2D eigenvalue weighted by molar-refractivity contribution is 0.270. The van der Waals surface area contributed by atoms with Crippen molar-refractivity contribution in [1.29, 1.82) is 0 Å². The van der Waals surface area contributed by atoms with Crippen molar-refractivity contribution in [2.24, 2.45) is 0 Å². The minimum Gasteiger partial charge on any atom is -0.420 e. The van der Waals surface area contributed by atoms with Crippen LogP contribution in [0.5, 0.6) is 0 Å². The molecule has 0 bridgehead atoms. The van der Waals surface area contributed by atoms with Gasteiger partial charge in [0.15, 0.2) is 11.0 Å². The van der Waals surface area contributed by atoms with Gasteiger partial charge in [0.05, 0.1) is 11.8 Å². The molecule has 1 atom stereocenters. The Morgan fingerprint density at radius 3 is 2.52 bits per heavy atom. The maximum atomic E-state index is 5.94. The van der Waals surface area contributed by atoms with Gasteiger partial charge in [-0.05, 0) is 51.2 Å². The molecule has 1 unspecified atom stereocenters. The van der Waals surface area contributed by atoms with E-state index in [0.29, 0.717) is 22.6 Å². The van der Waals surface area contributed by atoms with Crippen LogP contribution in [0.1, 0.15) is 50.9 Å². The summed E-state index contributed by atoms with van der Waals surface area (Å²) >= 11 is 7.51. The third kappa shape index (κ3) is 5.38. The molecule has 0 aliphatic rings. The normalized spacial score (nSPS) is 12.6. The molecular formula is C20H27ClN6OS. The van der Waals surface area contributed by atoms with Crippen molar-refractivity contribution in [3.8, 4) is 11.5 Å². The molecule has 0 N–H and O–H groups in total. The molecule has 0 amide bonds. The van der Waals surface area contributed by atoms with Gasteiger partial charge in [-0.15, -0.1) is 20.4 Å². The molecule has 0 spiro atoms. The summed E-state index contributed by atoms with van der Waals surface area (Å²) in [5, 5.41) is 18.8. The van der Waals surface area contributed by atoms with Gasteiger partial charge in [0, 0.05) is 17.1 Å². The number of thioether (sulfide) groups is 1. The summed E-state index contributed by atoms with van der Waals surface area (Å²) in [6, 6.07) is 7.59. The fourth-order valence-corrected chi connectivity index (χ4v) is 4.04. The summed E-state index contributed by atoms with van der Waals surface area (Å²) in [6.45, 7) is 5.27. The summed E-state index contributed by atoms with van der Waals surface area (Å²) in [7, 11) is 4.16. The van der Waals surface area contributed by atoms with E-state index >= 15 is 0 Å². The summed E-state index contributed by atoms with van der Waals surface area (Å²) in [5.41, 5.74) is 0.850. The first kappa shape index (κ1) is 21.8. The molecule has 1 aromatic carbocycles. The van der Waals surface area contributed by atoms with Crippen molar-refractivity contribution >= 4 is 23.4 Å². The summed E-state index contributed by atoms with van der Waals surface area (Å²) in [4.78, 5) is 2.19. The number of hydrogen-bond donors (Lipinski definition) is 0. The molecule has 0 saturated carbocycles. The highest BCUT2D eigenvalue weighted by atomic mass is 35.5. The van der Waals surface area contributed by atoms with Crippen molar-refractivity contribution in [1.82, 2.24) is 29.9 Å². The molecule has 0 saturated heterocycles. The minimum absolute atomic E-state index is 0.244. The fourth-order valence-electron chi connectivity index (χ4n) is 3.11. The van der Waals surface area contributed by atoms with Crippen molar-refractivity contribution in [2.75, 3.05) is 14.1 Å². The largest absolute Gasteiger partial charge is 0.420 e. The van der Waals surface area contributed by atoms with E-state index in [1.54, 1.807) is 11.8 Å². The molecule has 3 aromatic rings. The van der Waals surface area contributed by atoms with Gasteiger partial charge in [-0.2, -0.15) is 0 Å². The minimum atomic E-state index is 0.244. The highest BCUT2D eigenvalue weighted by molar-refractivity contribution is 7.98. The van der Waals surface area contributed by atoms with Gasteiger partial charge in [-0.25, -0.2) is 0 Å². The van der Waals surface area contributed by atoms with Crippen LogP contribution in [0.2, 0.25) is 5.02 Å². The third-order valence-electron chi connectivity index (χ3n) is 4.67. The monoisotopic (exact) mass is 434 g/mol. The number of hydrogen-bond acceptors (Lipinski definition) is 7. The highest BCUT2D eigenvalue weighted by Gasteiger charge is 2.22. The molecular weight excluding hydrogens is 408 g/mol. The lowest BCUT2D eigenvalue weighted by Crippen LogP contribution is -2.23. The van der Waals surface area contributed by atoms with Crippen LogP contribution in [0, 0.1) is 0 Å². The van der Waals surface area contributed by atoms with E-state index in [9.17, 15) is 0 Å². The number of benzene rings is 1. The molecule has 0 fully saturated rings. The van der Waals surface area contributed by atoms with E-state index in [1.165, 1.54) is 0 Å². The van der Waals surface area contributed by atoms with Crippen LogP contribution in [0.3, 0.4) is 0 Å². The van der Waals surface area contributed by atoms with Gasteiger partial charge in [-0.3, -0.25) is 4.90 Å². The van der Waals surface area contributed by atoms with E-state index in [2.05, 4.69) is 57.8 Å². The second-order valence-electron chi connectivity index (χ2n) is 7.03. The first-order chi connectivity index (χ1) is 14.0. The number of halogens is 1. The van der Waals surface area contributed by atoms with Crippen molar-refractivity contribution in [3.63, 3.8) is 0 Å². The van der Waals surface area contributed by atoms with Crippen LogP contribution in [0.25, 0.3) is 11.5 Å². The van der Waals surface area contributed by atoms with Crippen molar-refractivity contribution < 1.29 is 4.42 Å². The van der Waals surface area contributed by atoms with E-state index in [4.69, 9.17) is 16.0 Å². The SMILES string of the molecule is CCCCn1c(SCc2nnc(-c3ccc(Cl)cc3)o2)nnc1C(CC)N(C)C. The highest BCUT2D eigenvalue weighted by Crippen LogP contribution is 2.28. The first-order valence-electron chi connectivity index (χ1n) is 9.84. The van der Waals surface area contributed by atoms with Crippen LogP contribution < -0.4 is 0 Å². The first-order valence-corrected chi connectivity index (χ1v) is 11.2. The molecule has 156 valence electrons. The molecule has 7 nitrogen and oxygen atoms in total. The quantitative estimate of drug-likeness (QED) is 0.411. The second-order valence-corrected chi connectivity index (χ2v) is 8.41. The molecule has 2 aromatic heterocycles. The summed E-state index contributed by atoms with van der Waals surface area (Å²) in [6.07, 6.45) is 3.19. The molecule has 0 aliphatic heterocycles. The topological polar surface area (TPSA) is 72.9 Å². The Hall–Kier alpha value is -1.90. The van der Waals surface area contributed by atoms with Crippen molar-refractivity contribution in [3.05, 3.63) is 41.0 Å². The van der Waals surface area contributed by atoms with E-state index in [1.807, 2.05) is 24.3 Å². The van der Waals surface area contributed by atoms with Crippen LogP contribution in [0.4, 0.5) is 0 Å². The van der Waals surface area contributed by atoms with Gasteiger partial charge >= 0.3 is 0 Å². The maximum absolute atomic E-state index is 5.94. The van der Waals surface area contributed by atoms with Gasteiger partial charge in [-0.1, -0.05) is 43.6 Å². The molecule has 0 radical (unpaired) electrons. The predicted octanol–water partition coefficient (Wildman–Crippen LogP) is 5.09.